The van der Waals surface area contributed by atoms with Gasteiger partial charge in [0.1, 0.15) is 0 Å². The van der Waals surface area contributed by atoms with Crippen LogP contribution in [0, 0.1) is 0 Å². The molecule has 1 aromatic rings. The number of morpholine rings is 1. The summed E-state index contributed by atoms with van der Waals surface area (Å²) in [6.45, 7) is 4.78. The number of nitrogens with zero attached hydrogens (tertiary/aromatic N) is 3. The highest BCUT2D eigenvalue weighted by Crippen LogP contribution is 2.19. The third-order valence-corrected chi connectivity index (χ3v) is 6.56. The van der Waals surface area contributed by atoms with Crippen LogP contribution in [0.4, 0.5) is 4.79 Å². The molecule has 2 heterocycles. The van der Waals surface area contributed by atoms with Crippen LogP contribution in [-0.4, -0.2) is 86.8 Å². The molecule has 0 saturated carbocycles. The Morgan fingerprint density at radius 1 is 0.962 bits per heavy atom. The first-order valence-electron chi connectivity index (χ1n) is 8.62. The molecule has 0 N–H and O–H groups in total. The molecule has 0 aliphatic carbocycles. The van der Waals surface area contributed by atoms with Crippen molar-refractivity contribution in [1.29, 1.82) is 0 Å². The third-order valence-electron chi connectivity index (χ3n) is 4.67. The fraction of sp³-hybridized carbons (Fsp3) is 0.529. The number of rotatable bonds is 3. The van der Waals surface area contributed by atoms with Crippen LogP contribution in [-0.2, 0) is 14.8 Å². The van der Waals surface area contributed by atoms with Gasteiger partial charge in [-0.25, -0.2) is 13.2 Å². The molecule has 9 heteroatoms. The molecule has 2 aliphatic rings. The minimum atomic E-state index is -3.68. The van der Waals surface area contributed by atoms with E-state index in [1.54, 1.807) is 21.9 Å². The Morgan fingerprint density at radius 2 is 1.58 bits per heavy atom. The highest BCUT2D eigenvalue weighted by molar-refractivity contribution is 7.89. The highest BCUT2D eigenvalue weighted by atomic mass is 32.2. The van der Waals surface area contributed by atoms with Crippen LogP contribution in [0.5, 0.6) is 0 Å². The molecule has 2 saturated heterocycles. The number of carbonyl (C=O) groups is 2. The zero-order valence-electron chi connectivity index (χ0n) is 14.8. The molecular formula is C17H23N3O5S. The number of urea groups is 1. The number of Topliss-reactive ketones (excluding diaryl/α,β-unsaturated/α-hetero) is 1. The molecule has 0 atom stereocenters. The maximum atomic E-state index is 12.8. The molecule has 0 radical (unpaired) electrons. The lowest BCUT2D eigenvalue weighted by Crippen LogP contribution is -2.55. The van der Waals surface area contributed by atoms with E-state index in [1.807, 2.05) is 0 Å². The SMILES string of the molecule is CC(=O)c1cccc(S(=O)(=O)N2CCN(C(=O)N3CCOCC3)CC2)c1. The Morgan fingerprint density at radius 3 is 2.19 bits per heavy atom. The lowest BCUT2D eigenvalue weighted by atomic mass is 10.2. The lowest BCUT2D eigenvalue weighted by molar-refractivity contribution is 0.0405. The van der Waals surface area contributed by atoms with Crippen molar-refractivity contribution in [3.05, 3.63) is 29.8 Å². The maximum absolute atomic E-state index is 12.8. The van der Waals surface area contributed by atoms with Crippen molar-refractivity contribution in [2.24, 2.45) is 0 Å². The van der Waals surface area contributed by atoms with Gasteiger partial charge in [0, 0.05) is 44.8 Å². The molecule has 2 fully saturated rings. The zero-order valence-corrected chi connectivity index (χ0v) is 15.6. The molecule has 0 aromatic heterocycles. The van der Waals surface area contributed by atoms with Gasteiger partial charge in [-0.15, -0.1) is 0 Å². The minimum absolute atomic E-state index is 0.0658. The highest BCUT2D eigenvalue weighted by Gasteiger charge is 2.32. The average molecular weight is 381 g/mol. The Kier molecular flexibility index (Phi) is 5.59. The van der Waals surface area contributed by atoms with Gasteiger partial charge in [-0.05, 0) is 19.1 Å². The van der Waals surface area contributed by atoms with E-state index in [0.29, 0.717) is 45.0 Å². The van der Waals surface area contributed by atoms with E-state index in [4.69, 9.17) is 4.74 Å². The minimum Gasteiger partial charge on any atom is -0.378 e. The van der Waals surface area contributed by atoms with Crippen molar-refractivity contribution in [3.8, 4) is 0 Å². The Balaban J connectivity index is 1.66. The molecular weight excluding hydrogens is 358 g/mol. The van der Waals surface area contributed by atoms with Crippen LogP contribution in [0.3, 0.4) is 0 Å². The van der Waals surface area contributed by atoms with Crippen LogP contribution in [0.15, 0.2) is 29.2 Å². The number of ether oxygens (including phenoxy) is 1. The van der Waals surface area contributed by atoms with Gasteiger partial charge in [0.05, 0.1) is 18.1 Å². The number of piperazine rings is 1. The number of hydrogen-bond acceptors (Lipinski definition) is 5. The first-order chi connectivity index (χ1) is 12.4. The summed E-state index contributed by atoms with van der Waals surface area (Å²) in [5, 5.41) is 0. The lowest BCUT2D eigenvalue weighted by Gasteiger charge is -2.38. The number of carbonyl (C=O) groups excluding carboxylic acids is 2. The van der Waals surface area contributed by atoms with E-state index in [1.165, 1.54) is 23.4 Å². The number of ketones is 1. The first kappa shape index (κ1) is 18.8. The van der Waals surface area contributed by atoms with Crippen molar-refractivity contribution in [1.82, 2.24) is 14.1 Å². The second-order valence-electron chi connectivity index (χ2n) is 6.36. The Bertz CT molecular complexity index is 781. The summed E-state index contributed by atoms with van der Waals surface area (Å²) in [5.41, 5.74) is 0.368. The summed E-state index contributed by atoms with van der Waals surface area (Å²) in [4.78, 5) is 27.5. The van der Waals surface area contributed by atoms with Crippen LogP contribution in [0.25, 0.3) is 0 Å². The summed E-state index contributed by atoms with van der Waals surface area (Å²) in [6, 6.07) is 6.00. The van der Waals surface area contributed by atoms with E-state index >= 15 is 0 Å². The van der Waals surface area contributed by atoms with Crippen LogP contribution < -0.4 is 0 Å². The summed E-state index contributed by atoms with van der Waals surface area (Å²) in [6.07, 6.45) is 0. The zero-order chi connectivity index (χ0) is 18.7. The molecule has 0 spiro atoms. The number of hydrogen-bond donors (Lipinski definition) is 0. The Labute approximate surface area is 153 Å². The predicted octanol–water partition coefficient (Wildman–Crippen LogP) is 0.648. The van der Waals surface area contributed by atoms with E-state index in [-0.39, 0.29) is 29.8 Å². The topological polar surface area (TPSA) is 87.2 Å². The predicted molar refractivity (Wildman–Crippen MR) is 94.6 cm³/mol. The van der Waals surface area contributed by atoms with Gasteiger partial charge in [0.25, 0.3) is 0 Å². The fourth-order valence-corrected chi connectivity index (χ4v) is 4.57. The molecule has 142 valence electrons. The van der Waals surface area contributed by atoms with Crippen molar-refractivity contribution in [2.75, 3.05) is 52.5 Å². The van der Waals surface area contributed by atoms with Gasteiger partial charge in [0.2, 0.25) is 10.0 Å². The van der Waals surface area contributed by atoms with Gasteiger partial charge in [0.15, 0.2) is 5.78 Å². The van der Waals surface area contributed by atoms with Gasteiger partial charge >= 0.3 is 6.03 Å². The molecule has 8 nitrogen and oxygen atoms in total. The van der Waals surface area contributed by atoms with E-state index in [2.05, 4.69) is 0 Å². The average Bonchev–Trinajstić information content (AvgIpc) is 2.68. The van der Waals surface area contributed by atoms with Crippen LogP contribution in [0.2, 0.25) is 0 Å². The molecule has 26 heavy (non-hydrogen) atoms. The first-order valence-corrected chi connectivity index (χ1v) is 10.1. The quantitative estimate of drug-likeness (QED) is 0.718. The molecule has 1 aromatic carbocycles. The molecule has 2 aliphatic heterocycles. The van der Waals surface area contributed by atoms with E-state index in [0.717, 1.165) is 0 Å². The second-order valence-corrected chi connectivity index (χ2v) is 8.30. The maximum Gasteiger partial charge on any atom is 0.320 e. The summed E-state index contributed by atoms with van der Waals surface area (Å²) in [5.74, 6) is -0.178. The van der Waals surface area contributed by atoms with Crippen molar-refractivity contribution < 1.29 is 22.7 Å². The normalized spacial score (nSPS) is 19.4. The Hall–Kier alpha value is -1.97. The number of benzene rings is 1. The molecule has 2 amide bonds. The van der Waals surface area contributed by atoms with Crippen molar-refractivity contribution in [3.63, 3.8) is 0 Å². The van der Waals surface area contributed by atoms with Crippen LogP contribution in [0.1, 0.15) is 17.3 Å². The van der Waals surface area contributed by atoms with Gasteiger partial charge < -0.3 is 14.5 Å². The van der Waals surface area contributed by atoms with Gasteiger partial charge in [-0.2, -0.15) is 4.31 Å². The largest absolute Gasteiger partial charge is 0.378 e. The van der Waals surface area contributed by atoms with Crippen molar-refractivity contribution >= 4 is 21.8 Å². The van der Waals surface area contributed by atoms with Crippen LogP contribution >= 0.6 is 0 Å². The monoisotopic (exact) mass is 381 g/mol. The fourth-order valence-electron chi connectivity index (χ4n) is 3.10. The molecule has 0 unspecified atom stereocenters. The van der Waals surface area contributed by atoms with Gasteiger partial charge in [-0.1, -0.05) is 12.1 Å². The van der Waals surface area contributed by atoms with E-state index < -0.39 is 10.0 Å². The standard InChI is InChI=1S/C17H23N3O5S/c1-14(21)15-3-2-4-16(13-15)26(23,24)20-7-5-18(6-8-20)17(22)19-9-11-25-12-10-19/h2-4,13H,5-12H2,1H3. The van der Waals surface area contributed by atoms with Crippen molar-refractivity contribution in [2.45, 2.75) is 11.8 Å². The summed E-state index contributed by atoms with van der Waals surface area (Å²) >= 11 is 0. The second kappa shape index (κ2) is 7.73. The number of sulfonamides is 1. The molecule has 3 rings (SSSR count). The summed E-state index contributed by atoms with van der Waals surface area (Å²) < 4.78 is 32.3. The smallest absolute Gasteiger partial charge is 0.320 e. The third kappa shape index (κ3) is 3.89. The van der Waals surface area contributed by atoms with E-state index in [9.17, 15) is 18.0 Å². The molecule has 0 bridgehead atoms. The van der Waals surface area contributed by atoms with Gasteiger partial charge in [-0.3, -0.25) is 4.79 Å². The number of amides is 2. The summed E-state index contributed by atoms with van der Waals surface area (Å²) in [7, 11) is -3.68.